The van der Waals surface area contributed by atoms with E-state index in [0.717, 1.165) is 11.6 Å². The van der Waals surface area contributed by atoms with Crippen molar-refractivity contribution in [2.24, 2.45) is 0 Å². The van der Waals surface area contributed by atoms with Crippen LogP contribution in [0.15, 0.2) is 47.7 Å². The minimum absolute atomic E-state index is 0.283. The fourth-order valence-corrected chi connectivity index (χ4v) is 1.34. The van der Waals surface area contributed by atoms with Gasteiger partial charge in [0.25, 0.3) is 0 Å². The van der Waals surface area contributed by atoms with Crippen LogP contribution in [0, 0.1) is 12.3 Å². The highest BCUT2D eigenvalue weighted by atomic mass is 16.4. The summed E-state index contributed by atoms with van der Waals surface area (Å²) < 4.78 is 0. The molecule has 0 aromatic heterocycles. The lowest BCUT2D eigenvalue weighted by Crippen LogP contribution is -2.05. The smallest absolute Gasteiger partial charge is 0.340 e. The lowest BCUT2D eigenvalue weighted by Gasteiger charge is -2.06. The molecular formula is C14H12O3. The molecule has 0 bridgehead atoms. The number of aliphatic hydroxyl groups is 1. The molecule has 0 radical (unpaired) electrons. The van der Waals surface area contributed by atoms with E-state index in [-0.39, 0.29) is 11.3 Å². The third-order valence-electron chi connectivity index (χ3n) is 2.28. The van der Waals surface area contributed by atoms with Crippen LogP contribution in [0.4, 0.5) is 0 Å². The number of hydrogen-bond donors (Lipinski definition) is 2. The van der Waals surface area contributed by atoms with Crippen LogP contribution in [-0.2, 0) is 4.79 Å². The van der Waals surface area contributed by atoms with Gasteiger partial charge in [-0.05, 0) is 18.1 Å². The van der Waals surface area contributed by atoms with Crippen LogP contribution in [0.25, 0.3) is 5.57 Å². The molecule has 17 heavy (non-hydrogen) atoms. The highest BCUT2D eigenvalue weighted by Crippen LogP contribution is 2.21. The Balaban J connectivity index is 3.27. The fourth-order valence-electron chi connectivity index (χ4n) is 1.34. The predicted molar refractivity (Wildman–Crippen MR) is 66.2 cm³/mol. The Morgan fingerprint density at radius 2 is 1.88 bits per heavy atom. The van der Waals surface area contributed by atoms with Gasteiger partial charge in [0.2, 0.25) is 0 Å². The van der Waals surface area contributed by atoms with Gasteiger partial charge < -0.3 is 10.2 Å². The van der Waals surface area contributed by atoms with Gasteiger partial charge in [-0.3, -0.25) is 0 Å². The lowest BCUT2D eigenvalue weighted by molar-refractivity contribution is -0.132. The Bertz CT molecular complexity index is 516. The van der Waals surface area contributed by atoms with E-state index in [9.17, 15) is 9.90 Å². The first-order chi connectivity index (χ1) is 8.07. The first-order valence-corrected chi connectivity index (χ1v) is 4.93. The maximum atomic E-state index is 10.9. The normalized spacial score (nSPS) is 12.6. The molecule has 1 aromatic rings. The summed E-state index contributed by atoms with van der Waals surface area (Å²) in [5.41, 5.74) is 0.928. The minimum Gasteiger partial charge on any atom is -0.507 e. The van der Waals surface area contributed by atoms with Crippen molar-refractivity contribution in [2.45, 2.75) is 6.92 Å². The standard InChI is InChI=1S/C14H12O3/c1-3-7-12(14(16)17)13(15)10(2)11-8-5-4-6-9-11/h1,4-9,15H,2H3,(H,16,17)/b12-7+,13-10-. The van der Waals surface area contributed by atoms with Crippen molar-refractivity contribution in [1.29, 1.82) is 0 Å². The van der Waals surface area contributed by atoms with Crippen molar-refractivity contribution in [3.05, 3.63) is 53.3 Å². The third kappa shape index (κ3) is 2.99. The second kappa shape index (κ2) is 5.57. The molecule has 0 aliphatic heterocycles. The van der Waals surface area contributed by atoms with Gasteiger partial charge in [0.1, 0.15) is 11.3 Å². The van der Waals surface area contributed by atoms with Gasteiger partial charge in [-0.25, -0.2) is 4.79 Å². The summed E-state index contributed by atoms with van der Waals surface area (Å²) >= 11 is 0. The average Bonchev–Trinajstić information content (AvgIpc) is 2.35. The molecule has 0 spiro atoms. The maximum absolute atomic E-state index is 10.9. The van der Waals surface area contributed by atoms with E-state index in [1.165, 1.54) is 0 Å². The van der Waals surface area contributed by atoms with Gasteiger partial charge in [0.05, 0.1) is 0 Å². The maximum Gasteiger partial charge on any atom is 0.340 e. The second-order valence-electron chi connectivity index (χ2n) is 3.37. The van der Waals surface area contributed by atoms with E-state index in [1.807, 2.05) is 6.07 Å². The number of hydrogen-bond acceptors (Lipinski definition) is 2. The number of allylic oxidation sites excluding steroid dienone is 2. The van der Waals surface area contributed by atoms with Crippen molar-refractivity contribution in [3.63, 3.8) is 0 Å². The zero-order valence-electron chi connectivity index (χ0n) is 9.34. The van der Waals surface area contributed by atoms with E-state index in [2.05, 4.69) is 5.92 Å². The first kappa shape index (κ1) is 12.6. The summed E-state index contributed by atoms with van der Waals surface area (Å²) in [5, 5.41) is 18.8. The second-order valence-corrected chi connectivity index (χ2v) is 3.37. The molecule has 0 heterocycles. The number of carboxylic acid groups (broad SMARTS) is 1. The summed E-state index contributed by atoms with van der Waals surface area (Å²) in [6.45, 7) is 1.64. The molecule has 1 rings (SSSR count). The first-order valence-electron chi connectivity index (χ1n) is 4.93. The van der Waals surface area contributed by atoms with Gasteiger partial charge in [-0.2, -0.15) is 0 Å². The van der Waals surface area contributed by atoms with E-state index < -0.39 is 5.97 Å². The quantitative estimate of drug-likeness (QED) is 0.362. The Labute approximate surface area is 99.7 Å². The number of terminal acetylenes is 1. The van der Waals surface area contributed by atoms with Crippen LogP contribution >= 0.6 is 0 Å². The Morgan fingerprint density at radius 1 is 1.29 bits per heavy atom. The van der Waals surface area contributed by atoms with E-state index in [4.69, 9.17) is 11.5 Å². The molecule has 0 aliphatic carbocycles. The third-order valence-corrected chi connectivity index (χ3v) is 2.28. The van der Waals surface area contributed by atoms with Gasteiger partial charge in [-0.15, -0.1) is 6.42 Å². The minimum atomic E-state index is -1.25. The van der Waals surface area contributed by atoms with Crippen molar-refractivity contribution in [3.8, 4) is 12.3 Å². The molecule has 86 valence electrons. The van der Waals surface area contributed by atoms with E-state index in [0.29, 0.717) is 5.57 Å². The Kier molecular flexibility index (Phi) is 4.13. The summed E-state index contributed by atoms with van der Waals surface area (Å²) in [6, 6.07) is 9.00. The van der Waals surface area contributed by atoms with Crippen LogP contribution in [0.2, 0.25) is 0 Å². The highest BCUT2D eigenvalue weighted by molar-refractivity contribution is 5.94. The Hall–Kier alpha value is -2.47. The fraction of sp³-hybridized carbons (Fsp3) is 0.0714. The largest absolute Gasteiger partial charge is 0.507 e. The van der Waals surface area contributed by atoms with Crippen LogP contribution in [0.1, 0.15) is 12.5 Å². The van der Waals surface area contributed by atoms with E-state index >= 15 is 0 Å². The number of aliphatic carboxylic acids is 1. The summed E-state index contributed by atoms with van der Waals surface area (Å²) in [6.07, 6.45) is 6.05. The molecule has 0 aliphatic rings. The molecule has 1 aromatic carbocycles. The van der Waals surface area contributed by atoms with Crippen LogP contribution in [0.3, 0.4) is 0 Å². The molecule has 2 N–H and O–H groups in total. The van der Waals surface area contributed by atoms with Crippen LogP contribution in [0.5, 0.6) is 0 Å². The lowest BCUT2D eigenvalue weighted by atomic mass is 10.0. The zero-order chi connectivity index (χ0) is 12.8. The summed E-state index contributed by atoms with van der Waals surface area (Å²) in [7, 11) is 0. The molecule has 0 unspecified atom stereocenters. The summed E-state index contributed by atoms with van der Waals surface area (Å²) in [5.74, 6) is 0.527. The van der Waals surface area contributed by atoms with Crippen molar-refractivity contribution >= 4 is 11.5 Å². The van der Waals surface area contributed by atoms with E-state index in [1.54, 1.807) is 31.2 Å². The van der Waals surface area contributed by atoms with Crippen molar-refractivity contribution in [1.82, 2.24) is 0 Å². The molecule has 0 saturated carbocycles. The molecule has 0 atom stereocenters. The zero-order valence-corrected chi connectivity index (χ0v) is 9.34. The van der Waals surface area contributed by atoms with Gasteiger partial charge in [0.15, 0.2) is 0 Å². The van der Waals surface area contributed by atoms with Crippen molar-refractivity contribution in [2.75, 3.05) is 0 Å². The number of aliphatic hydroxyl groups excluding tert-OH is 1. The van der Waals surface area contributed by atoms with Gasteiger partial charge in [-0.1, -0.05) is 36.3 Å². The van der Waals surface area contributed by atoms with Gasteiger partial charge in [0, 0.05) is 6.08 Å². The predicted octanol–water partition coefficient (Wildman–Crippen LogP) is 2.62. The molecular weight excluding hydrogens is 216 g/mol. The molecule has 3 nitrogen and oxygen atoms in total. The van der Waals surface area contributed by atoms with Crippen LogP contribution in [-0.4, -0.2) is 16.2 Å². The SMILES string of the molecule is C#C/C=C(C(=O)O)\C(O)=C(/C)c1ccccc1. The topological polar surface area (TPSA) is 57.5 Å². The monoisotopic (exact) mass is 228 g/mol. The molecule has 0 saturated heterocycles. The Morgan fingerprint density at radius 3 is 2.35 bits per heavy atom. The van der Waals surface area contributed by atoms with Crippen LogP contribution < -0.4 is 0 Å². The highest BCUT2D eigenvalue weighted by Gasteiger charge is 2.15. The number of carboxylic acids is 1. The van der Waals surface area contributed by atoms with Gasteiger partial charge >= 0.3 is 5.97 Å². The number of carbonyl (C=O) groups is 1. The number of rotatable bonds is 3. The number of benzene rings is 1. The average molecular weight is 228 g/mol. The summed E-state index contributed by atoms with van der Waals surface area (Å²) in [4.78, 5) is 10.9. The molecule has 0 amide bonds. The molecule has 3 heteroatoms. The van der Waals surface area contributed by atoms with Crippen molar-refractivity contribution < 1.29 is 15.0 Å². The molecule has 0 fully saturated rings.